The number of aliphatic carboxylic acids is 1. The predicted octanol–water partition coefficient (Wildman–Crippen LogP) is 3.63. The molecule has 0 aliphatic heterocycles. The molecule has 1 unspecified atom stereocenters. The van der Waals surface area contributed by atoms with Crippen LogP contribution in [0.5, 0.6) is 5.75 Å². The summed E-state index contributed by atoms with van der Waals surface area (Å²) in [5, 5.41) is 14.2. The van der Waals surface area contributed by atoms with Crippen LogP contribution in [0.15, 0.2) is 24.3 Å². The maximum Gasteiger partial charge on any atom is 0.319 e. The normalized spacial score (nSPS) is 12.3. The summed E-state index contributed by atoms with van der Waals surface area (Å²) in [6, 6.07) is 6.80. The molecule has 2 amide bonds. The molecule has 1 aromatic rings. The lowest BCUT2D eigenvalue weighted by molar-refractivity contribution is -0.137. The minimum absolute atomic E-state index is 0.00547. The van der Waals surface area contributed by atoms with Crippen molar-refractivity contribution < 1.29 is 19.4 Å². The third-order valence-corrected chi connectivity index (χ3v) is 3.42. The second-order valence-electron chi connectivity index (χ2n) is 6.22. The zero-order valence-electron chi connectivity index (χ0n) is 14.2. The molecule has 6 nitrogen and oxygen atoms in total. The summed E-state index contributed by atoms with van der Waals surface area (Å²) in [5.74, 6) is -0.183. The molecule has 1 atom stereocenters. The Hall–Kier alpha value is -2.24. The van der Waals surface area contributed by atoms with Gasteiger partial charge in [-0.15, -0.1) is 0 Å². The van der Waals surface area contributed by atoms with E-state index in [1.807, 2.05) is 26.0 Å². The van der Waals surface area contributed by atoms with E-state index >= 15 is 0 Å². The maximum absolute atomic E-state index is 12.1. The fourth-order valence-electron chi connectivity index (χ4n) is 1.91. The largest absolute Gasteiger partial charge is 0.491 e. The first-order chi connectivity index (χ1) is 10.7. The van der Waals surface area contributed by atoms with Crippen molar-refractivity contribution in [1.82, 2.24) is 5.32 Å². The van der Waals surface area contributed by atoms with Crippen LogP contribution in [0, 0.1) is 0 Å². The van der Waals surface area contributed by atoms with Gasteiger partial charge in [0, 0.05) is 23.7 Å². The van der Waals surface area contributed by atoms with Gasteiger partial charge in [0.1, 0.15) is 5.75 Å². The van der Waals surface area contributed by atoms with Crippen LogP contribution in [-0.4, -0.2) is 28.7 Å². The first-order valence-electron chi connectivity index (χ1n) is 7.79. The molecular weight excluding hydrogens is 296 g/mol. The highest BCUT2D eigenvalue weighted by Gasteiger charge is 2.21. The van der Waals surface area contributed by atoms with E-state index in [2.05, 4.69) is 10.6 Å². The van der Waals surface area contributed by atoms with Crippen molar-refractivity contribution in [2.45, 2.75) is 58.6 Å². The molecule has 128 valence electrons. The molecule has 0 spiro atoms. The van der Waals surface area contributed by atoms with E-state index in [1.165, 1.54) is 0 Å². The topological polar surface area (TPSA) is 87.7 Å². The molecule has 0 fully saturated rings. The number of ether oxygens (including phenoxy) is 1. The van der Waals surface area contributed by atoms with E-state index in [0.717, 1.165) is 6.42 Å². The minimum Gasteiger partial charge on any atom is -0.491 e. The molecular formula is C17H26N2O4. The number of carboxylic acids is 1. The summed E-state index contributed by atoms with van der Waals surface area (Å²) < 4.78 is 5.71. The van der Waals surface area contributed by atoms with Crippen molar-refractivity contribution in [2.24, 2.45) is 0 Å². The first kappa shape index (κ1) is 18.8. The molecule has 23 heavy (non-hydrogen) atoms. The zero-order valence-corrected chi connectivity index (χ0v) is 14.2. The van der Waals surface area contributed by atoms with Gasteiger partial charge < -0.3 is 20.5 Å². The lowest BCUT2D eigenvalue weighted by Crippen LogP contribution is -2.45. The van der Waals surface area contributed by atoms with Gasteiger partial charge in [-0.1, -0.05) is 13.0 Å². The van der Waals surface area contributed by atoms with Crippen molar-refractivity contribution >= 4 is 17.7 Å². The number of carbonyl (C=O) groups excluding carboxylic acids is 1. The van der Waals surface area contributed by atoms with Crippen molar-refractivity contribution in [3.63, 3.8) is 0 Å². The number of carbonyl (C=O) groups is 2. The minimum atomic E-state index is -0.879. The van der Waals surface area contributed by atoms with Gasteiger partial charge in [-0.05, 0) is 45.7 Å². The molecule has 0 aromatic heterocycles. The first-order valence-corrected chi connectivity index (χ1v) is 7.79. The van der Waals surface area contributed by atoms with E-state index in [1.54, 1.807) is 26.0 Å². The molecule has 0 bridgehead atoms. The van der Waals surface area contributed by atoms with Crippen molar-refractivity contribution in [3.8, 4) is 5.75 Å². The Morgan fingerprint density at radius 2 is 2.04 bits per heavy atom. The Balaban J connectivity index is 2.60. The number of nitrogens with one attached hydrogen (secondary N) is 2. The number of carboxylic acid groups (broad SMARTS) is 1. The van der Waals surface area contributed by atoms with E-state index in [4.69, 9.17) is 9.84 Å². The molecule has 0 saturated heterocycles. The summed E-state index contributed by atoms with van der Waals surface area (Å²) in [5.41, 5.74) is 0.0187. The van der Waals surface area contributed by atoms with Gasteiger partial charge in [0.15, 0.2) is 0 Å². The summed E-state index contributed by atoms with van der Waals surface area (Å²) >= 11 is 0. The second-order valence-corrected chi connectivity index (χ2v) is 6.22. The number of hydrogen-bond donors (Lipinski definition) is 3. The molecule has 1 rings (SSSR count). The van der Waals surface area contributed by atoms with Crippen LogP contribution < -0.4 is 15.4 Å². The van der Waals surface area contributed by atoms with E-state index < -0.39 is 11.5 Å². The van der Waals surface area contributed by atoms with Gasteiger partial charge in [0.05, 0.1) is 6.10 Å². The van der Waals surface area contributed by atoms with Crippen LogP contribution in [0.2, 0.25) is 0 Å². The Labute approximate surface area is 137 Å². The Bertz CT molecular complexity index is 543. The summed E-state index contributed by atoms with van der Waals surface area (Å²) in [6.07, 6.45) is 1.36. The van der Waals surface area contributed by atoms with Crippen LogP contribution in [0.3, 0.4) is 0 Å². The van der Waals surface area contributed by atoms with Crippen LogP contribution in [0.4, 0.5) is 10.5 Å². The van der Waals surface area contributed by atoms with Gasteiger partial charge in [0.2, 0.25) is 0 Å². The Morgan fingerprint density at radius 1 is 1.35 bits per heavy atom. The van der Waals surface area contributed by atoms with Gasteiger partial charge in [-0.25, -0.2) is 4.79 Å². The third-order valence-electron chi connectivity index (χ3n) is 3.42. The molecule has 3 N–H and O–H groups in total. The van der Waals surface area contributed by atoms with Crippen molar-refractivity contribution in [3.05, 3.63) is 24.3 Å². The molecule has 0 aliphatic rings. The molecule has 0 aliphatic carbocycles. The average molecular weight is 322 g/mol. The monoisotopic (exact) mass is 322 g/mol. The Morgan fingerprint density at radius 3 is 2.65 bits per heavy atom. The van der Waals surface area contributed by atoms with E-state index in [0.29, 0.717) is 17.9 Å². The standard InChI is InChI=1S/C17H26N2O4/c1-5-12(2)23-14-8-6-7-13(11-14)18-16(22)19-17(3,4)10-9-15(20)21/h6-8,11-12H,5,9-10H2,1-4H3,(H,20,21)(H2,18,19,22). The van der Waals surface area contributed by atoms with Crippen LogP contribution in [0.1, 0.15) is 47.0 Å². The lowest BCUT2D eigenvalue weighted by atomic mass is 9.99. The lowest BCUT2D eigenvalue weighted by Gasteiger charge is -2.25. The molecule has 6 heteroatoms. The fourth-order valence-corrected chi connectivity index (χ4v) is 1.91. The molecule has 1 aromatic carbocycles. The SMILES string of the molecule is CCC(C)Oc1cccc(NC(=O)NC(C)(C)CCC(=O)O)c1. The predicted molar refractivity (Wildman–Crippen MR) is 89.9 cm³/mol. The molecule has 0 saturated carbocycles. The van der Waals surface area contributed by atoms with Crippen molar-refractivity contribution in [2.75, 3.05) is 5.32 Å². The highest BCUT2D eigenvalue weighted by molar-refractivity contribution is 5.89. The summed E-state index contributed by atoms with van der Waals surface area (Å²) in [6.45, 7) is 7.60. The number of benzene rings is 1. The number of amides is 2. The van der Waals surface area contributed by atoms with Crippen LogP contribution in [0.25, 0.3) is 0 Å². The van der Waals surface area contributed by atoms with Gasteiger partial charge >= 0.3 is 12.0 Å². The van der Waals surface area contributed by atoms with Crippen LogP contribution in [-0.2, 0) is 4.79 Å². The van der Waals surface area contributed by atoms with Gasteiger partial charge in [-0.3, -0.25) is 4.79 Å². The fraction of sp³-hybridized carbons (Fsp3) is 0.529. The highest BCUT2D eigenvalue weighted by atomic mass is 16.5. The van der Waals surface area contributed by atoms with Crippen molar-refractivity contribution in [1.29, 1.82) is 0 Å². The molecule has 0 heterocycles. The van der Waals surface area contributed by atoms with Crippen LogP contribution >= 0.6 is 0 Å². The quantitative estimate of drug-likeness (QED) is 0.682. The maximum atomic E-state index is 12.1. The summed E-state index contributed by atoms with van der Waals surface area (Å²) in [7, 11) is 0. The highest BCUT2D eigenvalue weighted by Crippen LogP contribution is 2.19. The number of hydrogen-bond acceptors (Lipinski definition) is 3. The summed E-state index contributed by atoms with van der Waals surface area (Å²) in [4.78, 5) is 22.7. The van der Waals surface area contributed by atoms with Gasteiger partial charge in [0.25, 0.3) is 0 Å². The Kier molecular flexibility index (Phi) is 6.88. The third kappa shape index (κ3) is 7.54. The number of rotatable bonds is 8. The average Bonchev–Trinajstić information content (AvgIpc) is 2.44. The second kappa shape index (κ2) is 8.41. The smallest absolute Gasteiger partial charge is 0.319 e. The van der Waals surface area contributed by atoms with E-state index in [-0.39, 0.29) is 18.6 Å². The number of urea groups is 1. The van der Waals surface area contributed by atoms with Gasteiger partial charge in [-0.2, -0.15) is 0 Å². The molecule has 0 radical (unpaired) electrons. The van der Waals surface area contributed by atoms with E-state index in [9.17, 15) is 9.59 Å². The number of anilines is 1. The zero-order chi connectivity index (χ0) is 17.5.